The van der Waals surface area contributed by atoms with Gasteiger partial charge >= 0.3 is 0 Å². The number of quaternary nitrogens is 1. The third kappa shape index (κ3) is 3.07. The molecule has 0 bridgehead atoms. The highest BCUT2D eigenvalue weighted by Crippen LogP contribution is 2.21. The maximum atomic E-state index is 10.7. The summed E-state index contributed by atoms with van der Waals surface area (Å²) in [5.41, 5.74) is 2.02. The Balaban J connectivity index is 2.06. The molecular weight excluding hydrogens is 230 g/mol. The van der Waals surface area contributed by atoms with Crippen LogP contribution in [0.25, 0.3) is 0 Å². The van der Waals surface area contributed by atoms with Crippen LogP contribution in [0.15, 0.2) is 48.5 Å². The minimum atomic E-state index is -1.17. The molecule has 0 unspecified atom stereocenters. The van der Waals surface area contributed by atoms with Crippen LogP contribution in [0, 0.1) is 17.3 Å². The van der Waals surface area contributed by atoms with Crippen molar-refractivity contribution in [2.75, 3.05) is 0 Å². The van der Waals surface area contributed by atoms with Gasteiger partial charge in [0.2, 0.25) is 0 Å². The lowest BCUT2D eigenvalue weighted by molar-refractivity contribution is -0.715. The summed E-state index contributed by atoms with van der Waals surface area (Å²) in [5.74, 6) is 0.684. The Morgan fingerprint density at radius 1 is 1.06 bits per heavy atom. The van der Waals surface area contributed by atoms with E-state index in [4.69, 9.17) is 4.74 Å². The molecule has 0 heterocycles. The van der Waals surface area contributed by atoms with Gasteiger partial charge in [-0.1, -0.05) is 30.3 Å². The van der Waals surface area contributed by atoms with E-state index in [1.165, 1.54) is 6.07 Å². The van der Waals surface area contributed by atoms with Crippen LogP contribution in [0.4, 0.5) is 5.69 Å². The average molecular weight is 244 g/mol. The van der Waals surface area contributed by atoms with Gasteiger partial charge in [-0.05, 0) is 24.1 Å². The van der Waals surface area contributed by atoms with Crippen LogP contribution < -0.4 is 9.96 Å². The fraction of sp³-hybridized carbons (Fsp3) is 0.143. The fourth-order valence-corrected chi connectivity index (χ4v) is 1.67. The lowest BCUT2D eigenvalue weighted by Crippen LogP contribution is -2.96. The van der Waals surface area contributed by atoms with Gasteiger partial charge in [0.25, 0.3) is 0 Å². The number of aryl methyl sites for hydroxylation is 1. The predicted octanol–water partition coefficient (Wildman–Crippen LogP) is 2.09. The Morgan fingerprint density at radius 2 is 1.78 bits per heavy atom. The number of nitrogens with one attached hydrogen (secondary N) is 1. The summed E-state index contributed by atoms with van der Waals surface area (Å²) in [6.45, 7) is 2.28. The highest BCUT2D eigenvalue weighted by Gasteiger charge is 2.03. The number of ether oxygens (including phenoxy) is 1. The van der Waals surface area contributed by atoms with Crippen LogP contribution in [-0.2, 0) is 6.61 Å². The zero-order valence-electron chi connectivity index (χ0n) is 10.1. The standard InChI is InChI=1S/C14H14NO3/c1-11-9-13(15(16)17)7-8-14(11)18-10-12-5-3-2-4-6-12/h2-9,15H,10H2,1H3/q-1. The van der Waals surface area contributed by atoms with Crippen molar-refractivity contribution < 1.29 is 9.96 Å². The Kier molecular flexibility index (Phi) is 3.94. The van der Waals surface area contributed by atoms with Crippen LogP contribution in [-0.4, -0.2) is 0 Å². The van der Waals surface area contributed by atoms with Crippen molar-refractivity contribution in [2.45, 2.75) is 13.5 Å². The second-order valence-electron chi connectivity index (χ2n) is 4.04. The van der Waals surface area contributed by atoms with E-state index in [9.17, 15) is 10.4 Å². The van der Waals surface area contributed by atoms with E-state index >= 15 is 0 Å². The first-order valence-electron chi connectivity index (χ1n) is 5.65. The first-order chi connectivity index (χ1) is 8.66. The molecule has 0 aliphatic heterocycles. The molecule has 18 heavy (non-hydrogen) atoms. The molecule has 0 aliphatic carbocycles. The van der Waals surface area contributed by atoms with E-state index in [-0.39, 0.29) is 5.69 Å². The molecule has 0 aromatic heterocycles. The van der Waals surface area contributed by atoms with Crippen molar-refractivity contribution in [2.24, 2.45) is 0 Å². The largest absolute Gasteiger partial charge is 0.628 e. The van der Waals surface area contributed by atoms with Gasteiger partial charge in [-0.25, -0.2) is 0 Å². The summed E-state index contributed by atoms with van der Waals surface area (Å²) in [4.78, 5) is 0. The predicted molar refractivity (Wildman–Crippen MR) is 69.3 cm³/mol. The zero-order chi connectivity index (χ0) is 13.0. The van der Waals surface area contributed by atoms with Crippen molar-refractivity contribution in [1.29, 1.82) is 0 Å². The van der Waals surface area contributed by atoms with Crippen molar-refractivity contribution in [3.63, 3.8) is 0 Å². The molecule has 4 heteroatoms. The van der Waals surface area contributed by atoms with E-state index in [1.54, 1.807) is 12.1 Å². The lowest BCUT2D eigenvalue weighted by Gasteiger charge is -2.25. The molecule has 2 aromatic rings. The van der Waals surface area contributed by atoms with Gasteiger partial charge < -0.3 is 20.4 Å². The summed E-state index contributed by atoms with van der Waals surface area (Å²) < 4.78 is 5.64. The molecule has 2 rings (SSSR count). The monoisotopic (exact) mass is 244 g/mol. The van der Waals surface area contributed by atoms with E-state index in [1.807, 2.05) is 37.3 Å². The summed E-state index contributed by atoms with van der Waals surface area (Å²) in [6.07, 6.45) is 0. The smallest absolute Gasteiger partial charge is 0.131 e. The third-order valence-corrected chi connectivity index (χ3v) is 2.65. The first-order valence-corrected chi connectivity index (χ1v) is 5.65. The van der Waals surface area contributed by atoms with Gasteiger partial charge in [-0.15, -0.1) is 0 Å². The molecule has 4 nitrogen and oxygen atoms in total. The van der Waals surface area contributed by atoms with E-state index in [2.05, 4.69) is 0 Å². The Labute approximate surface area is 106 Å². The fourth-order valence-electron chi connectivity index (χ4n) is 1.67. The summed E-state index contributed by atoms with van der Waals surface area (Å²) in [7, 11) is 0. The maximum Gasteiger partial charge on any atom is 0.131 e. The maximum absolute atomic E-state index is 10.7. The van der Waals surface area contributed by atoms with Crippen molar-refractivity contribution >= 4 is 5.69 Å². The number of hydrogen-bond acceptors (Lipinski definition) is 3. The molecule has 0 radical (unpaired) electrons. The number of hydrogen-bond donors (Lipinski definition) is 1. The van der Waals surface area contributed by atoms with Crippen molar-refractivity contribution in [3.05, 3.63) is 70.1 Å². The average Bonchev–Trinajstić information content (AvgIpc) is 2.38. The topological polar surface area (TPSA) is 59.8 Å². The Morgan fingerprint density at radius 3 is 2.39 bits per heavy atom. The Bertz CT molecular complexity index is 512. The molecule has 94 valence electrons. The number of benzene rings is 2. The van der Waals surface area contributed by atoms with Crippen LogP contribution in [0.3, 0.4) is 0 Å². The molecule has 0 spiro atoms. The molecule has 0 aliphatic rings. The normalized spacial score (nSPS) is 10.7. The van der Waals surface area contributed by atoms with Crippen LogP contribution in [0.2, 0.25) is 0 Å². The Hall–Kier alpha value is -1.88. The molecule has 0 fully saturated rings. The van der Waals surface area contributed by atoms with Crippen LogP contribution in [0.5, 0.6) is 5.75 Å². The van der Waals surface area contributed by atoms with E-state index in [0.29, 0.717) is 12.4 Å². The van der Waals surface area contributed by atoms with Crippen LogP contribution >= 0.6 is 0 Å². The quantitative estimate of drug-likeness (QED) is 0.838. The molecular formula is C14H14NO3-. The lowest BCUT2D eigenvalue weighted by atomic mass is 10.2. The van der Waals surface area contributed by atoms with Gasteiger partial charge in [0.15, 0.2) is 0 Å². The van der Waals surface area contributed by atoms with Gasteiger partial charge in [0, 0.05) is 12.1 Å². The minimum Gasteiger partial charge on any atom is -0.628 e. The van der Waals surface area contributed by atoms with Crippen molar-refractivity contribution in [3.8, 4) is 5.75 Å². The zero-order valence-corrected chi connectivity index (χ0v) is 10.1. The van der Waals surface area contributed by atoms with E-state index in [0.717, 1.165) is 11.1 Å². The summed E-state index contributed by atoms with van der Waals surface area (Å²) >= 11 is 0. The van der Waals surface area contributed by atoms with Gasteiger partial charge in [-0.2, -0.15) is 0 Å². The van der Waals surface area contributed by atoms with Crippen molar-refractivity contribution in [1.82, 2.24) is 0 Å². The number of rotatable bonds is 4. The highest BCUT2D eigenvalue weighted by atomic mass is 16.8. The molecule has 0 saturated heterocycles. The second-order valence-corrected chi connectivity index (χ2v) is 4.04. The van der Waals surface area contributed by atoms with Gasteiger partial charge in [0.1, 0.15) is 18.0 Å². The summed E-state index contributed by atoms with van der Waals surface area (Å²) in [6, 6.07) is 14.5. The SMILES string of the molecule is Cc1cc([NH+]([O-])[O-])ccc1OCc1ccccc1. The molecule has 0 amide bonds. The molecule has 0 atom stereocenters. The highest BCUT2D eigenvalue weighted by molar-refractivity contribution is 5.43. The third-order valence-electron chi connectivity index (χ3n) is 2.65. The molecule has 2 aromatic carbocycles. The van der Waals surface area contributed by atoms with Gasteiger partial charge in [0.05, 0.1) is 0 Å². The first kappa shape index (κ1) is 12.6. The molecule has 0 saturated carbocycles. The van der Waals surface area contributed by atoms with Crippen LogP contribution in [0.1, 0.15) is 11.1 Å². The second kappa shape index (κ2) is 5.64. The van der Waals surface area contributed by atoms with Gasteiger partial charge in [-0.3, -0.25) is 0 Å². The molecule has 1 N–H and O–H groups in total. The summed E-state index contributed by atoms with van der Waals surface area (Å²) in [5, 5.41) is 20.2. The minimum absolute atomic E-state index is 0.166. The van der Waals surface area contributed by atoms with E-state index < -0.39 is 5.23 Å².